The summed E-state index contributed by atoms with van der Waals surface area (Å²) in [5.74, 6) is 3.40. The standard InChI is InChI=1S/C19H21N3O4/c1-23-15-5-3-14(4-6-15)19-22-21-18(26-19)13-20-11-12-25-17-9-7-16(24-2)8-10-17/h3-10,20H,11-13H2,1-2H3. The van der Waals surface area contributed by atoms with Crippen molar-refractivity contribution in [2.24, 2.45) is 0 Å². The number of hydrogen-bond acceptors (Lipinski definition) is 7. The molecule has 0 amide bonds. The Morgan fingerprint density at radius 2 is 1.46 bits per heavy atom. The molecule has 0 aliphatic heterocycles. The summed E-state index contributed by atoms with van der Waals surface area (Å²) < 4.78 is 21.5. The third-order valence-corrected chi connectivity index (χ3v) is 3.69. The molecule has 0 radical (unpaired) electrons. The van der Waals surface area contributed by atoms with Crippen LogP contribution in [0.15, 0.2) is 52.9 Å². The molecule has 136 valence electrons. The van der Waals surface area contributed by atoms with Crippen LogP contribution >= 0.6 is 0 Å². The minimum Gasteiger partial charge on any atom is -0.497 e. The quantitative estimate of drug-likeness (QED) is 0.591. The van der Waals surface area contributed by atoms with Crippen molar-refractivity contribution in [1.29, 1.82) is 0 Å². The van der Waals surface area contributed by atoms with Crippen LogP contribution in [0.3, 0.4) is 0 Å². The van der Waals surface area contributed by atoms with E-state index in [1.54, 1.807) is 14.2 Å². The van der Waals surface area contributed by atoms with Crippen LogP contribution in [-0.2, 0) is 6.54 Å². The van der Waals surface area contributed by atoms with Gasteiger partial charge < -0.3 is 23.9 Å². The average Bonchev–Trinajstić information content (AvgIpc) is 3.17. The molecule has 3 rings (SSSR count). The zero-order chi connectivity index (χ0) is 18.2. The summed E-state index contributed by atoms with van der Waals surface area (Å²) in [6, 6.07) is 14.9. The predicted octanol–water partition coefficient (Wildman–Crippen LogP) is 2.92. The topological polar surface area (TPSA) is 78.6 Å². The van der Waals surface area contributed by atoms with Crippen LogP contribution in [0, 0.1) is 0 Å². The van der Waals surface area contributed by atoms with Gasteiger partial charge in [0.1, 0.15) is 23.9 Å². The summed E-state index contributed by atoms with van der Waals surface area (Å²) in [7, 11) is 3.27. The maximum Gasteiger partial charge on any atom is 0.247 e. The number of methoxy groups -OCH3 is 2. The first-order valence-electron chi connectivity index (χ1n) is 8.23. The maximum atomic E-state index is 5.65. The van der Waals surface area contributed by atoms with Crippen molar-refractivity contribution >= 4 is 0 Å². The van der Waals surface area contributed by atoms with Gasteiger partial charge in [0, 0.05) is 12.1 Å². The summed E-state index contributed by atoms with van der Waals surface area (Å²) in [6.45, 7) is 1.67. The smallest absolute Gasteiger partial charge is 0.247 e. The lowest BCUT2D eigenvalue weighted by molar-refractivity contribution is 0.309. The second kappa shape index (κ2) is 8.87. The Hall–Kier alpha value is -3.06. The van der Waals surface area contributed by atoms with Crippen LogP contribution in [0.5, 0.6) is 17.2 Å². The lowest BCUT2D eigenvalue weighted by Gasteiger charge is -2.07. The van der Waals surface area contributed by atoms with Crippen molar-refractivity contribution in [3.05, 3.63) is 54.4 Å². The van der Waals surface area contributed by atoms with Crippen molar-refractivity contribution < 1.29 is 18.6 Å². The van der Waals surface area contributed by atoms with Gasteiger partial charge in [0.15, 0.2) is 0 Å². The third-order valence-electron chi connectivity index (χ3n) is 3.69. The fraction of sp³-hybridized carbons (Fsp3) is 0.263. The summed E-state index contributed by atoms with van der Waals surface area (Å²) in [5, 5.41) is 11.3. The second-order valence-corrected chi connectivity index (χ2v) is 5.43. The molecular formula is C19H21N3O4. The van der Waals surface area contributed by atoms with E-state index in [2.05, 4.69) is 15.5 Å². The molecular weight excluding hydrogens is 334 g/mol. The number of nitrogens with one attached hydrogen (secondary N) is 1. The first-order valence-corrected chi connectivity index (χ1v) is 8.23. The molecule has 7 nitrogen and oxygen atoms in total. The molecule has 0 spiro atoms. The van der Waals surface area contributed by atoms with E-state index < -0.39 is 0 Å². The van der Waals surface area contributed by atoms with Crippen LogP contribution in [0.1, 0.15) is 5.89 Å². The normalized spacial score (nSPS) is 10.5. The van der Waals surface area contributed by atoms with Gasteiger partial charge >= 0.3 is 0 Å². The molecule has 7 heteroatoms. The van der Waals surface area contributed by atoms with E-state index in [9.17, 15) is 0 Å². The zero-order valence-corrected chi connectivity index (χ0v) is 14.8. The predicted molar refractivity (Wildman–Crippen MR) is 96.5 cm³/mol. The molecule has 0 aliphatic carbocycles. The summed E-state index contributed by atoms with van der Waals surface area (Å²) in [6.07, 6.45) is 0. The minimum atomic E-state index is 0.481. The van der Waals surface area contributed by atoms with Crippen LogP contribution in [0.2, 0.25) is 0 Å². The fourth-order valence-electron chi connectivity index (χ4n) is 2.28. The van der Waals surface area contributed by atoms with Crippen molar-refractivity contribution in [2.75, 3.05) is 27.4 Å². The van der Waals surface area contributed by atoms with Gasteiger partial charge in [-0.1, -0.05) is 0 Å². The van der Waals surface area contributed by atoms with Gasteiger partial charge in [-0.25, -0.2) is 0 Å². The van der Waals surface area contributed by atoms with Gasteiger partial charge in [0.2, 0.25) is 11.8 Å². The van der Waals surface area contributed by atoms with Crippen molar-refractivity contribution in [3.63, 3.8) is 0 Å². The molecule has 0 unspecified atom stereocenters. The molecule has 1 heterocycles. The van der Waals surface area contributed by atoms with Crippen molar-refractivity contribution in [3.8, 4) is 28.7 Å². The van der Waals surface area contributed by atoms with Crippen molar-refractivity contribution in [1.82, 2.24) is 15.5 Å². The monoisotopic (exact) mass is 355 g/mol. The Labute approximate surface area is 151 Å². The molecule has 2 aromatic carbocycles. The molecule has 0 saturated heterocycles. The number of aromatic nitrogens is 2. The second-order valence-electron chi connectivity index (χ2n) is 5.43. The molecule has 1 aromatic heterocycles. The lowest BCUT2D eigenvalue weighted by atomic mass is 10.2. The van der Waals surface area contributed by atoms with E-state index in [1.165, 1.54) is 0 Å². The van der Waals surface area contributed by atoms with E-state index in [4.69, 9.17) is 18.6 Å². The Morgan fingerprint density at radius 3 is 2.12 bits per heavy atom. The Kier molecular flexibility index (Phi) is 6.05. The molecule has 3 aromatic rings. The third kappa shape index (κ3) is 4.73. The van der Waals surface area contributed by atoms with Crippen LogP contribution in [0.25, 0.3) is 11.5 Å². The highest BCUT2D eigenvalue weighted by molar-refractivity contribution is 5.53. The van der Waals surface area contributed by atoms with Crippen LogP contribution in [0.4, 0.5) is 0 Å². The highest BCUT2D eigenvalue weighted by Gasteiger charge is 2.08. The molecule has 0 bridgehead atoms. The number of benzene rings is 2. The first kappa shape index (κ1) is 17.8. The largest absolute Gasteiger partial charge is 0.497 e. The van der Waals surface area contributed by atoms with Gasteiger partial charge in [0.25, 0.3) is 0 Å². The number of rotatable bonds is 9. The fourth-order valence-corrected chi connectivity index (χ4v) is 2.28. The van der Waals surface area contributed by atoms with E-state index in [-0.39, 0.29) is 0 Å². The number of hydrogen-bond donors (Lipinski definition) is 1. The lowest BCUT2D eigenvalue weighted by Crippen LogP contribution is -2.20. The minimum absolute atomic E-state index is 0.481. The molecule has 0 aliphatic rings. The van der Waals surface area contributed by atoms with Gasteiger partial charge in [-0.15, -0.1) is 10.2 Å². The van der Waals surface area contributed by atoms with Gasteiger partial charge in [-0.3, -0.25) is 0 Å². The van der Waals surface area contributed by atoms with Gasteiger partial charge in [-0.05, 0) is 48.5 Å². The Balaban J connectivity index is 1.41. The maximum absolute atomic E-state index is 5.65. The van der Waals surface area contributed by atoms with E-state index >= 15 is 0 Å². The molecule has 1 N–H and O–H groups in total. The SMILES string of the molecule is COc1ccc(OCCNCc2nnc(-c3ccc(OC)cc3)o2)cc1. The van der Waals surface area contributed by atoms with Gasteiger partial charge in [0.05, 0.1) is 20.8 Å². The summed E-state index contributed by atoms with van der Waals surface area (Å²) in [4.78, 5) is 0. The Morgan fingerprint density at radius 1 is 0.846 bits per heavy atom. The molecule has 26 heavy (non-hydrogen) atoms. The number of nitrogens with zero attached hydrogens (tertiary/aromatic N) is 2. The summed E-state index contributed by atoms with van der Waals surface area (Å²) >= 11 is 0. The summed E-state index contributed by atoms with van der Waals surface area (Å²) in [5.41, 5.74) is 0.854. The molecule has 0 atom stereocenters. The average molecular weight is 355 g/mol. The van der Waals surface area contributed by atoms with Crippen molar-refractivity contribution in [2.45, 2.75) is 6.54 Å². The van der Waals surface area contributed by atoms with E-state index in [1.807, 2.05) is 48.5 Å². The van der Waals surface area contributed by atoms with Gasteiger partial charge in [-0.2, -0.15) is 0 Å². The zero-order valence-electron chi connectivity index (χ0n) is 14.8. The first-order chi connectivity index (χ1) is 12.8. The van der Waals surface area contributed by atoms with Crippen LogP contribution in [-0.4, -0.2) is 37.6 Å². The van der Waals surface area contributed by atoms with Crippen LogP contribution < -0.4 is 19.5 Å². The highest BCUT2D eigenvalue weighted by Crippen LogP contribution is 2.21. The number of ether oxygens (including phenoxy) is 3. The molecule has 0 saturated carbocycles. The molecule has 0 fully saturated rings. The van der Waals surface area contributed by atoms with E-state index in [0.29, 0.717) is 31.5 Å². The van der Waals surface area contributed by atoms with E-state index in [0.717, 1.165) is 22.8 Å². The Bertz CT molecular complexity index is 800. The highest BCUT2D eigenvalue weighted by atomic mass is 16.5.